The Labute approximate surface area is 199 Å². The minimum absolute atomic E-state index is 0.0646. The van der Waals surface area contributed by atoms with E-state index < -0.39 is 9.84 Å². The van der Waals surface area contributed by atoms with Gasteiger partial charge in [-0.2, -0.15) is 0 Å². The van der Waals surface area contributed by atoms with E-state index in [1.165, 1.54) is 0 Å². The molecule has 8 heteroatoms. The van der Waals surface area contributed by atoms with E-state index in [1.807, 2.05) is 36.4 Å². The van der Waals surface area contributed by atoms with Crippen molar-refractivity contribution in [2.45, 2.75) is 11.8 Å². The predicted molar refractivity (Wildman–Crippen MR) is 132 cm³/mol. The summed E-state index contributed by atoms with van der Waals surface area (Å²) in [6, 6.07) is 18.3. The average molecular weight is 479 g/mol. The summed E-state index contributed by atoms with van der Waals surface area (Å²) in [5, 5.41) is 0. The van der Waals surface area contributed by atoms with Crippen LogP contribution in [0.15, 0.2) is 71.8 Å². The van der Waals surface area contributed by atoms with Gasteiger partial charge in [0.2, 0.25) is 0 Å². The van der Waals surface area contributed by atoms with Crippen LogP contribution in [-0.2, 0) is 14.6 Å². The number of rotatable bonds is 9. The summed E-state index contributed by atoms with van der Waals surface area (Å²) in [6.45, 7) is 2.54. The molecular formula is C26H26N2O5S. The molecule has 0 aliphatic heterocycles. The molecule has 0 aliphatic rings. The van der Waals surface area contributed by atoms with Crippen LogP contribution in [-0.4, -0.2) is 51.6 Å². The minimum Gasteiger partial charge on any atom is -0.493 e. The number of ether oxygens (including phenoxy) is 3. The fourth-order valence-electron chi connectivity index (χ4n) is 3.59. The van der Waals surface area contributed by atoms with Gasteiger partial charge in [0.25, 0.3) is 0 Å². The molecule has 0 radical (unpaired) electrons. The van der Waals surface area contributed by atoms with E-state index in [4.69, 9.17) is 19.2 Å². The van der Waals surface area contributed by atoms with Crippen LogP contribution >= 0.6 is 0 Å². The molecular weight excluding hydrogens is 452 g/mol. The highest BCUT2D eigenvalue weighted by molar-refractivity contribution is 7.91. The smallest absolute Gasteiger partial charge is 0.178 e. The molecule has 34 heavy (non-hydrogen) atoms. The van der Waals surface area contributed by atoms with Crippen LogP contribution in [0.5, 0.6) is 11.5 Å². The van der Waals surface area contributed by atoms with Gasteiger partial charge in [0, 0.05) is 18.2 Å². The summed E-state index contributed by atoms with van der Waals surface area (Å²) in [7, 11) is -0.0423. The summed E-state index contributed by atoms with van der Waals surface area (Å²) in [5.74, 6) is 1.28. The van der Waals surface area contributed by atoms with Gasteiger partial charge in [-0.15, -0.1) is 0 Å². The van der Waals surface area contributed by atoms with Gasteiger partial charge in [-0.1, -0.05) is 31.2 Å². The quantitative estimate of drug-likeness (QED) is 0.320. The van der Waals surface area contributed by atoms with Gasteiger partial charge in [0.1, 0.15) is 6.61 Å². The number of aromatic nitrogens is 2. The Bertz CT molecular complexity index is 1400. The Balaban J connectivity index is 1.73. The number of fused-ring (bicyclic) bond motifs is 1. The second kappa shape index (κ2) is 10.2. The lowest BCUT2D eigenvalue weighted by molar-refractivity contribution is 0.144. The second-order valence-corrected chi connectivity index (χ2v) is 9.84. The first-order valence-electron chi connectivity index (χ1n) is 10.9. The lowest BCUT2D eigenvalue weighted by atomic mass is 10.0. The molecule has 176 valence electrons. The molecule has 0 bridgehead atoms. The minimum atomic E-state index is -3.26. The molecule has 0 saturated carbocycles. The van der Waals surface area contributed by atoms with Crippen molar-refractivity contribution >= 4 is 20.9 Å². The second-order valence-electron chi connectivity index (χ2n) is 7.56. The van der Waals surface area contributed by atoms with Gasteiger partial charge < -0.3 is 14.2 Å². The monoisotopic (exact) mass is 478 g/mol. The first-order valence-corrected chi connectivity index (χ1v) is 12.5. The fraction of sp³-hybridized carbons (Fsp3) is 0.231. The highest BCUT2D eigenvalue weighted by atomic mass is 32.2. The summed E-state index contributed by atoms with van der Waals surface area (Å²) in [5.41, 5.74) is 4.74. The van der Waals surface area contributed by atoms with Crippen molar-refractivity contribution in [2.24, 2.45) is 0 Å². The molecule has 0 atom stereocenters. The van der Waals surface area contributed by atoms with Gasteiger partial charge in [-0.25, -0.2) is 13.4 Å². The largest absolute Gasteiger partial charge is 0.493 e. The van der Waals surface area contributed by atoms with Crippen molar-refractivity contribution in [1.29, 1.82) is 0 Å². The number of methoxy groups -OCH3 is 2. The topological polar surface area (TPSA) is 87.6 Å². The molecule has 0 spiro atoms. The third-order valence-corrected chi connectivity index (χ3v) is 7.23. The van der Waals surface area contributed by atoms with E-state index in [0.29, 0.717) is 35.3 Å². The molecule has 0 unspecified atom stereocenters. The third kappa shape index (κ3) is 4.88. The number of nitrogens with zero attached hydrogens (tertiary/aromatic N) is 2. The zero-order valence-corrected chi connectivity index (χ0v) is 20.1. The fourth-order valence-corrected chi connectivity index (χ4v) is 4.48. The zero-order chi connectivity index (χ0) is 24.1. The van der Waals surface area contributed by atoms with E-state index in [9.17, 15) is 8.42 Å². The number of hydrogen-bond acceptors (Lipinski definition) is 7. The third-order valence-electron chi connectivity index (χ3n) is 5.48. The maximum absolute atomic E-state index is 12.2. The first kappa shape index (κ1) is 23.7. The summed E-state index contributed by atoms with van der Waals surface area (Å²) >= 11 is 0. The highest BCUT2D eigenvalue weighted by Crippen LogP contribution is 2.34. The Morgan fingerprint density at radius 2 is 1.65 bits per heavy atom. The molecule has 3 aromatic carbocycles. The van der Waals surface area contributed by atoms with Crippen LogP contribution in [0.3, 0.4) is 0 Å². The maximum Gasteiger partial charge on any atom is 0.178 e. The van der Waals surface area contributed by atoms with Gasteiger partial charge in [0.15, 0.2) is 21.3 Å². The maximum atomic E-state index is 12.2. The zero-order valence-electron chi connectivity index (χ0n) is 19.3. The van der Waals surface area contributed by atoms with Crippen molar-refractivity contribution in [3.05, 3.63) is 66.9 Å². The van der Waals surface area contributed by atoms with Crippen LogP contribution in [0.4, 0.5) is 0 Å². The summed E-state index contributed by atoms with van der Waals surface area (Å²) < 4.78 is 40.6. The average Bonchev–Trinajstić information content (AvgIpc) is 2.88. The summed E-state index contributed by atoms with van der Waals surface area (Å²) in [6.07, 6.45) is 1.73. The number of hydrogen-bond donors (Lipinski definition) is 0. The van der Waals surface area contributed by atoms with Crippen molar-refractivity contribution in [3.63, 3.8) is 0 Å². The molecule has 0 aliphatic carbocycles. The van der Waals surface area contributed by atoms with Crippen molar-refractivity contribution in [2.75, 3.05) is 33.2 Å². The number of sulfone groups is 1. The molecule has 4 aromatic rings. The van der Waals surface area contributed by atoms with Crippen LogP contribution < -0.4 is 9.47 Å². The molecule has 1 heterocycles. The Hall–Kier alpha value is -3.49. The molecule has 7 nitrogen and oxygen atoms in total. The number of benzene rings is 3. The van der Waals surface area contributed by atoms with Crippen molar-refractivity contribution in [3.8, 4) is 33.9 Å². The van der Waals surface area contributed by atoms with E-state index in [-0.39, 0.29) is 5.75 Å². The Morgan fingerprint density at radius 3 is 2.35 bits per heavy atom. The van der Waals surface area contributed by atoms with Crippen LogP contribution in [0.2, 0.25) is 0 Å². The van der Waals surface area contributed by atoms with Gasteiger partial charge >= 0.3 is 0 Å². The van der Waals surface area contributed by atoms with E-state index in [2.05, 4.69) is 4.98 Å². The van der Waals surface area contributed by atoms with Crippen LogP contribution in [0, 0.1) is 0 Å². The lowest BCUT2D eigenvalue weighted by Gasteiger charge is -2.12. The van der Waals surface area contributed by atoms with Gasteiger partial charge in [0.05, 0.1) is 47.3 Å². The van der Waals surface area contributed by atoms with E-state index >= 15 is 0 Å². The standard InChI is InChI=1S/C26H26N2O5S/c1-4-34(29,30)20-11-8-18(9-12-20)21-6-5-7-22-26(21)28-23(17-27-22)19-10-13-24(25(16-19)32-3)33-15-14-31-2/h5-13,16-17H,4,14-15H2,1-3H3. The molecule has 4 rings (SSSR count). The van der Waals surface area contributed by atoms with Crippen molar-refractivity contribution < 1.29 is 22.6 Å². The van der Waals surface area contributed by atoms with E-state index in [0.717, 1.165) is 27.7 Å². The molecule has 0 amide bonds. The normalized spacial score (nSPS) is 11.5. The molecule has 0 fully saturated rings. The Kier molecular flexibility index (Phi) is 7.09. The SMILES string of the molecule is CCS(=O)(=O)c1ccc(-c2cccc3ncc(-c4ccc(OCCOC)c(OC)c4)nc23)cc1. The predicted octanol–water partition coefficient (Wildman–Crippen LogP) is 4.79. The molecule has 0 N–H and O–H groups in total. The molecule has 1 aromatic heterocycles. The van der Waals surface area contributed by atoms with E-state index in [1.54, 1.807) is 51.6 Å². The Morgan fingerprint density at radius 1 is 0.882 bits per heavy atom. The lowest BCUT2D eigenvalue weighted by Crippen LogP contribution is -2.05. The van der Waals surface area contributed by atoms with Gasteiger partial charge in [-0.05, 0) is 42.0 Å². The van der Waals surface area contributed by atoms with Crippen LogP contribution in [0.1, 0.15) is 6.92 Å². The first-order chi connectivity index (χ1) is 16.5. The summed E-state index contributed by atoms with van der Waals surface area (Å²) in [4.78, 5) is 9.81. The van der Waals surface area contributed by atoms with Gasteiger partial charge in [-0.3, -0.25) is 4.98 Å². The number of para-hydroxylation sites is 1. The highest BCUT2D eigenvalue weighted by Gasteiger charge is 2.14. The van der Waals surface area contributed by atoms with Crippen LogP contribution in [0.25, 0.3) is 33.4 Å². The van der Waals surface area contributed by atoms with Crippen molar-refractivity contribution in [1.82, 2.24) is 9.97 Å². The molecule has 0 saturated heterocycles.